The number of non-ortho nitro benzene ring substituents is 1. The SMILES string of the molecule is CCOC(=O)CC[C@H]1CN(Cc2ccccc2)c2cc([N+](=O)[O-])ccc2O1. The van der Waals surface area contributed by atoms with E-state index >= 15 is 0 Å². The Morgan fingerprint density at radius 2 is 2.07 bits per heavy atom. The number of benzene rings is 2. The smallest absolute Gasteiger partial charge is 0.305 e. The molecule has 0 N–H and O–H groups in total. The first kappa shape index (κ1) is 18.7. The van der Waals surface area contributed by atoms with Crippen LogP contribution in [-0.2, 0) is 16.1 Å². The van der Waals surface area contributed by atoms with Crippen molar-refractivity contribution >= 4 is 17.3 Å². The Morgan fingerprint density at radius 1 is 1.30 bits per heavy atom. The lowest BCUT2D eigenvalue weighted by atomic mass is 10.1. The number of nitro benzene ring substituents is 1. The molecule has 0 aliphatic carbocycles. The van der Waals surface area contributed by atoms with Crippen molar-refractivity contribution in [1.29, 1.82) is 0 Å². The molecule has 2 aromatic carbocycles. The van der Waals surface area contributed by atoms with Crippen LogP contribution in [0.2, 0.25) is 0 Å². The molecule has 0 radical (unpaired) electrons. The van der Waals surface area contributed by atoms with Gasteiger partial charge in [0.25, 0.3) is 5.69 Å². The van der Waals surface area contributed by atoms with E-state index in [4.69, 9.17) is 9.47 Å². The molecule has 1 aliphatic rings. The average molecular weight is 370 g/mol. The Labute approximate surface area is 157 Å². The van der Waals surface area contributed by atoms with E-state index in [0.717, 1.165) is 5.56 Å². The maximum Gasteiger partial charge on any atom is 0.305 e. The van der Waals surface area contributed by atoms with E-state index in [2.05, 4.69) is 4.90 Å². The topological polar surface area (TPSA) is 81.9 Å². The first-order chi connectivity index (χ1) is 13.1. The molecule has 1 heterocycles. The second-order valence-electron chi connectivity index (χ2n) is 6.36. The van der Waals surface area contributed by atoms with Gasteiger partial charge in [0, 0.05) is 25.1 Å². The summed E-state index contributed by atoms with van der Waals surface area (Å²) in [6.07, 6.45) is 0.618. The van der Waals surface area contributed by atoms with E-state index in [1.807, 2.05) is 30.3 Å². The predicted octanol–water partition coefficient (Wildman–Crippen LogP) is 3.71. The fraction of sp³-hybridized carbons (Fsp3) is 0.350. The number of nitro groups is 1. The molecule has 1 atom stereocenters. The highest BCUT2D eigenvalue weighted by molar-refractivity contribution is 5.69. The van der Waals surface area contributed by atoms with E-state index in [9.17, 15) is 14.9 Å². The van der Waals surface area contributed by atoms with Crippen molar-refractivity contribution in [2.24, 2.45) is 0 Å². The number of nitrogens with zero attached hydrogens (tertiary/aromatic N) is 2. The quantitative estimate of drug-likeness (QED) is 0.420. The molecule has 2 aromatic rings. The minimum absolute atomic E-state index is 0.0281. The van der Waals surface area contributed by atoms with Crippen molar-refractivity contribution in [1.82, 2.24) is 0 Å². The van der Waals surface area contributed by atoms with Crippen LogP contribution < -0.4 is 9.64 Å². The molecule has 0 bridgehead atoms. The highest BCUT2D eigenvalue weighted by atomic mass is 16.6. The number of anilines is 1. The van der Waals surface area contributed by atoms with Crippen LogP contribution in [0.1, 0.15) is 25.3 Å². The van der Waals surface area contributed by atoms with Gasteiger partial charge in [-0.25, -0.2) is 0 Å². The summed E-state index contributed by atoms with van der Waals surface area (Å²) in [6, 6.07) is 14.5. The summed E-state index contributed by atoms with van der Waals surface area (Å²) in [5.41, 5.74) is 1.82. The molecular weight excluding hydrogens is 348 g/mol. The van der Waals surface area contributed by atoms with Crippen molar-refractivity contribution in [2.45, 2.75) is 32.4 Å². The third kappa shape index (κ3) is 4.75. The Bertz CT molecular complexity index is 809. The van der Waals surface area contributed by atoms with Crippen LogP contribution in [0.4, 0.5) is 11.4 Å². The summed E-state index contributed by atoms with van der Waals surface area (Å²) in [4.78, 5) is 24.5. The van der Waals surface area contributed by atoms with Crippen LogP contribution >= 0.6 is 0 Å². The van der Waals surface area contributed by atoms with Gasteiger partial charge in [-0.1, -0.05) is 30.3 Å². The van der Waals surface area contributed by atoms with E-state index in [1.54, 1.807) is 19.1 Å². The maximum atomic E-state index is 11.7. The molecular formula is C20H22N2O5. The molecule has 0 aromatic heterocycles. The van der Waals surface area contributed by atoms with Gasteiger partial charge >= 0.3 is 5.97 Å². The number of ether oxygens (including phenoxy) is 2. The largest absolute Gasteiger partial charge is 0.486 e. The summed E-state index contributed by atoms with van der Waals surface area (Å²) in [6.45, 7) is 3.29. The Balaban J connectivity index is 1.81. The van der Waals surface area contributed by atoms with Crippen molar-refractivity contribution in [3.05, 3.63) is 64.2 Å². The van der Waals surface area contributed by atoms with Crippen molar-refractivity contribution in [2.75, 3.05) is 18.1 Å². The molecule has 142 valence electrons. The monoisotopic (exact) mass is 370 g/mol. The van der Waals surface area contributed by atoms with Crippen molar-refractivity contribution in [3.8, 4) is 5.75 Å². The minimum atomic E-state index is -0.409. The van der Waals surface area contributed by atoms with E-state index in [-0.39, 0.29) is 24.2 Å². The number of hydrogen-bond acceptors (Lipinski definition) is 6. The van der Waals surface area contributed by atoms with Crippen LogP contribution in [0.5, 0.6) is 5.75 Å². The fourth-order valence-corrected chi connectivity index (χ4v) is 3.14. The predicted molar refractivity (Wildman–Crippen MR) is 101 cm³/mol. The zero-order valence-electron chi connectivity index (χ0n) is 15.2. The second kappa shape index (κ2) is 8.53. The number of carbonyl (C=O) groups is 1. The molecule has 7 heteroatoms. The minimum Gasteiger partial charge on any atom is -0.486 e. The molecule has 0 unspecified atom stereocenters. The van der Waals surface area contributed by atoms with Gasteiger partial charge in [-0.2, -0.15) is 0 Å². The van der Waals surface area contributed by atoms with E-state index in [0.29, 0.717) is 37.6 Å². The zero-order valence-corrected chi connectivity index (χ0v) is 15.2. The third-order valence-corrected chi connectivity index (χ3v) is 4.40. The highest BCUT2D eigenvalue weighted by Crippen LogP contribution is 2.38. The number of hydrogen-bond donors (Lipinski definition) is 0. The van der Waals surface area contributed by atoms with Gasteiger partial charge in [0.2, 0.25) is 0 Å². The first-order valence-electron chi connectivity index (χ1n) is 8.96. The van der Waals surface area contributed by atoms with Crippen LogP contribution in [-0.4, -0.2) is 30.1 Å². The summed E-state index contributed by atoms with van der Waals surface area (Å²) < 4.78 is 11.0. The van der Waals surface area contributed by atoms with Crippen molar-refractivity contribution < 1.29 is 19.2 Å². The normalized spacial score (nSPS) is 15.6. The Morgan fingerprint density at radius 3 is 2.78 bits per heavy atom. The molecule has 0 saturated heterocycles. The van der Waals surface area contributed by atoms with Crippen LogP contribution in [0, 0.1) is 10.1 Å². The lowest BCUT2D eigenvalue weighted by Crippen LogP contribution is -2.40. The van der Waals surface area contributed by atoms with Gasteiger partial charge in [-0.05, 0) is 25.0 Å². The van der Waals surface area contributed by atoms with Gasteiger partial charge in [0.1, 0.15) is 11.9 Å². The van der Waals surface area contributed by atoms with Crippen LogP contribution in [0.25, 0.3) is 0 Å². The Kier molecular flexibility index (Phi) is 5.90. The molecule has 3 rings (SSSR count). The molecule has 7 nitrogen and oxygen atoms in total. The molecule has 0 spiro atoms. The van der Waals surface area contributed by atoms with Crippen LogP contribution in [0.15, 0.2) is 48.5 Å². The summed E-state index contributed by atoms with van der Waals surface area (Å²) >= 11 is 0. The molecule has 0 amide bonds. The van der Waals surface area contributed by atoms with Gasteiger partial charge in [-0.15, -0.1) is 0 Å². The lowest BCUT2D eigenvalue weighted by molar-refractivity contribution is -0.384. The van der Waals surface area contributed by atoms with E-state index in [1.165, 1.54) is 6.07 Å². The van der Waals surface area contributed by atoms with Gasteiger partial charge < -0.3 is 14.4 Å². The molecule has 0 fully saturated rings. The van der Waals surface area contributed by atoms with Gasteiger partial charge in [0.05, 0.1) is 23.8 Å². The summed E-state index contributed by atoms with van der Waals surface area (Å²) in [5.74, 6) is 0.349. The number of rotatable bonds is 7. The summed E-state index contributed by atoms with van der Waals surface area (Å²) in [5, 5.41) is 11.1. The standard InChI is InChI=1S/C20H22N2O5/c1-2-26-20(23)11-9-17-14-21(13-15-6-4-3-5-7-15)18-12-16(22(24)25)8-10-19(18)27-17/h3-8,10,12,17H,2,9,11,13-14H2,1H3/t17-/m0/s1. The van der Waals surface area contributed by atoms with Gasteiger partial charge in [0.15, 0.2) is 0 Å². The van der Waals surface area contributed by atoms with Crippen molar-refractivity contribution in [3.63, 3.8) is 0 Å². The Hall–Kier alpha value is -3.09. The second-order valence-corrected chi connectivity index (χ2v) is 6.36. The highest BCUT2D eigenvalue weighted by Gasteiger charge is 2.28. The lowest BCUT2D eigenvalue weighted by Gasteiger charge is -2.36. The number of esters is 1. The number of fused-ring (bicyclic) bond motifs is 1. The maximum absolute atomic E-state index is 11.7. The molecule has 1 aliphatic heterocycles. The van der Waals surface area contributed by atoms with E-state index < -0.39 is 4.92 Å². The molecule has 0 saturated carbocycles. The first-order valence-corrected chi connectivity index (χ1v) is 8.96. The third-order valence-electron chi connectivity index (χ3n) is 4.40. The average Bonchev–Trinajstić information content (AvgIpc) is 2.67. The number of carbonyl (C=O) groups excluding carboxylic acids is 1. The molecule has 27 heavy (non-hydrogen) atoms. The van der Waals surface area contributed by atoms with Crippen LogP contribution in [0.3, 0.4) is 0 Å². The summed E-state index contributed by atoms with van der Waals surface area (Å²) in [7, 11) is 0. The van der Waals surface area contributed by atoms with Gasteiger partial charge in [-0.3, -0.25) is 14.9 Å². The fourth-order valence-electron chi connectivity index (χ4n) is 3.14. The zero-order chi connectivity index (χ0) is 19.2.